The third-order valence-corrected chi connectivity index (χ3v) is 2.65. The Bertz CT molecular complexity index is 452. The normalized spacial score (nSPS) is 10.7. The van der Waals surface area contributed by atoms with Gasteiger partial charge in [-0.05, 0) is 34.1 Å². The summed E-state index contributed by atoms with van der Waals surface area (Å²) in [6.07, 6.45) is 0. The van der Waals surface area contributed by atoms with E-state index in [0.29, 0.717) is 0 Å². The van der Waals surface area contributed by atoms with Crippen molar-refractivity contribution >= 4 is 38.4 Å². The van der Waals surface area contributed by atoms with Crippen molar-refractivity contribution in [3.63, 3.8) is 0 Å². The average Bonchev–Trinajstić information content (AvgIpc) is 2.48. The Morgan fingerprint density at radius 2 is 2.23 bits per heavy atom. The minimum Gasteiger partial charge on any atom is -0.495 e. The van der Waals surface area contributed by atoms with E-state index in [1.807, 2.05) is 18.2 Å². The van der Waals surface area contributed by atoms with Gasteiger partial charge in [0.15, 0.2) is 0 Å². The van der Waals surface area contributed by atoms with Crippen LogP contribution in [0.15, 0.2) is 22.8 Å². The van der Waals surface area contributed by atoms with E-state index in [2.05, 4.69) is 20.9 Å². The number of benzene rings is 1. The quantitative estimate of drug-likeness (QED) is 0.833. The Morgan fingerprint density at radius 3 is 2.92 bits per heavy atom. The predicted molar refractivity (Wildman–Crippen MR) is 57.6 cm³/mol. The molecule has 1 N–H and O–H groups in total. The molecular formula is C9H7BrClNO. The molecule has 13 heavy (non-hydrogen) atoms. The molecule has 0 atom stereocenters. The fourth-order valence-corrected chi connectivity index (χ4v) is 1.94. The zero-order chi connectivity index (χ0) is 9.42. The number of rotatable bonds is 1. The molecule has 0 amide bonds. The summed E-state index contributed by atoms with van der Waals surface area (Å²) in [5.41, 5.74) is 0.918. The van der Waals surface area contributed by atoms with E-state index < -0.39 is 0 Å². The molecule has 0 spiro atoms. The maximum atomic E-state index is 6.00. The van der Waals surface area contributed by atoms with E-state index in [-0.39, 0.29) is 0 Å². The molecule has 68 valence electrons. The first-order chi connectivity index (χ1) is 6.22. The lowest BCUT2D eigenvalue weighted by molar-refractivity contribution is 0.419. The molecule has 0 unspecified atom stereocenters. The van der Waals surface area contributed by atoms with Crippen molar-refractivity contribution in [1.29, 1.82) is 0 Å². The van der Waals surface area contributed by atoms with E-state index >= 15 is 0 Å². The number of fused-ring (bicyclic) bond motifs is 1. The molecule has 1 aromatic heterocycles. The molecule has 1 heterocycles. The SMILES string of the molecule is COc1ccc(Cl)c2cc(Br)[nH]c12. The van der Waals surface area contributed by atoms with Crippen LogP contribution in [-0.4, -0.2) is 12.1 Å². The highest BCUT2D eigenvalue weighted by atomic mass is 79.9. The van der Waals surface area contributed by atoms with Gasteiger partial charge in [-0.15, -0.1) is 0 Å². The molecule has 0 fully saturated rings. The van der Waals surface area contributed by atoms with E-state index in [4.69, 9.17) is 16.3 Å². The van der Waals surface area contributed by atoms with E-state index in [9.17, 15) is 0 Å². The summed E-state index contributed by atoms with van der Waals surface area (Å²) in [6.45, 7) is 0. The smallest absolute Gasteiger partial charge is 0.143 e. The van der Waals surface area contributed by atoms with Gasteiger partial charge in [0.1, 0.15) is 5.75 Å². The fraction of sp³-hybridized carbons (Fsp3) is 0.111. The first kappa shape index (κ1) is 8.91. The molecule has 0 aliphatic rings. The lowest BCUT2D eigenvalue weighted by Gasteiger charge is -2.01. The van der Waals surface area contributed by atoms with E-state index in [1.54, 1.807) is 7.11 Å². The molecule has 0 saturated heterocycles. The first-order valence-corrected chi connectivity index (χ1v) is 4.90. The first-order valence-electron chi connectivity index (χ1n) is 3.73. The van der Waals surface area contributed by atoms with E-state index in [1.165, 1.54) is 0 Å². The summed E-state index contributed by atoms with van der Waals surface area (Å²) in [5, 5.41) is 1.69. The lowest BCUT2D eigenvalue weighted by Crippen LogP contribution is -1.83. The van der Waals surface area contributed by atoms with Gasteiger partial charge >= 0.3 is 0 Å². The number of methoxy groups -OCH3 is 1. The maximum Gasteiger partial charge on any atom is 0.143 e. The number of ether oxygens (including phenoxy) is 1. The van der Waals surface area contributed by atoms with Gasteiger partial charge < -0.3 is 9.72 Å². The third-order valence-electron chi connectivity index (χ3n) is 1.89. The summed E-state index contributed by atoms with van der Waals surface area (Å²) in [7, 11) is 1.64. The molecule has 0 bridgehead atoms. The monoisotopic (exact) mass is 259 g/mol. The van der Waals surface area contributed by atoms with E-state index in [0.717, 1.165) is 26.3 Å². The summed E-state index contributed by atoms with van der Waals surface area (Å²) in [5.74, 6) is 0.796. The van der Waals surface area contributed by atoms with Crippen LogP contribution >= 0.6 is 27.5 Å². The van der Waals surface area contributed by atoms with Crippen LogP contribution in [0.5, 0.6) is 5.75 Å². The van der Waals surface area contributed by atoms with Crippen LogP contribution in [0.4, 0.5) is 0 Å². The molecular weight excluding hydrogens is 253 g/mol. The van der Waals surface area contributed by atoms with Crippen LogP contribution in [0.1, 0.15) is 0 Å². The Morgan fingerprint density at radius 1 is 1.46 bits per heavy atom. The number of nitrogens with one attached hydrogen (secondary N) is 1. The summed E-state index contributed by atoms with van der Waals surface area (Å²) >= 11 is 9.36. The summed E-state index contributed by atoms with van der Waals surface area (Å²) < 4.78 is 6.08. The highest BCUT2D eigenvalue weighted by molar-refractivity contribution is 9.10. The number of hydrogen-bond acceptors (Lipinski definition) is 1. The van der Waals surface area contributed by atoms with Gasteiger partial charge in [0.25, 0.3) is 0 Å². The molecule has 0 aliphatic heterocycles. The number of aromatic amines is 1. The number of halogens is 2. The van der Waals surface area contributed by atoms with Gasteiger partial charge in [-0.2, -0.15) is 0 Å². The van der Waals surface area contributed by atoms with Crippen molar-refractivity contribution in [2.24, 2.45) is 0 Å². The Hall–Kier alpha value is -0.670. The van der Waals surface area contributed by atoms with Crippen LogP contribution in [-0.2, 0) is 0 Å². The largest absolute Gasteiger partial charge is 0.495 e. The van der Waals surface area contributed by atoms with Crippen LogP contribution < -0.4 is 4.74 Å². The Balaban J connectivity index is 2.83. The second-order valence-corrected chi connectivity index (χ2v) is 3.92. The van der Waals surface area contributed by atoms with Crippen molar-refractivity contribution < 1.29 is 4.74 Å². The molecule has 0 aliphatic carbocycles. The van der Waals surface area contributed by atoms with Gasteiger partial charge in [-0.25, -0.2) is 0 Å². The second kappa shape index (κ2) is 3.24. The molecule has 2 aromatic rings. The average molecular weight is 261 g/mol. The zero-order valence-electron chi connectivity index (χ0n) is 6.90. The van der Waals surface area contributed by atoms with Gasteiger partial charge in [0, 0.05) is 5.39 Å². The van der Waals surface area contributed by atoms with Crippen LogP contribution in [0.2, 0.25) is 5.02 Å². The van der Waals surface area contributed by atoms with Gasteiger partial charge in [-0.3, -0.25) is 0 Å². The molecule has 4 heteroatoms. The number of H-pyrrole nitrogens is 1. The maximum absolute atomic E-state index is 6.00. The van der Waals surface area contributed by atoms with Gasteiger partial charge in [0.05, 0.1) is 22.3 Å². The summed E-state index contributed by atoms with van der Waals surface area (Å²) in [6, 6.07) is 5.59. The van der Waals surface area contributed by atoms with Gasteiger partial charge in [-0.1, -0.05) is 11.6 Å². The van der Waals surface area contributed by atoms with Crippen LogP contribution in [0.3, 0.4) is 0 Å². The highest BCUT2D eigenvalue weighted by Gasteiger charge is 2.07. The predicted octanol–water partition coefficient (Wildman–Crippen LogP) is 3.59. The Kier molecular flexibility index (Phi) is 2.22. The fourth-order valence-electron chi connectivity index (χ4n) is 1.30. The minimum atomic E-state index is 0.720. The topological polar surface area (TPSA) is 25.0 Å². The standard InChI is InChI=1S/C9H7BrClNO/c1-13-7-3-2-6(11)5-4-8(10)12-9(5)7/h2-4,12H,1H3. The van der Waals surface area contributed by atoms with Crippen LogP contribution in [0.25, 0.3) is 10.9 Å². The molecule has 0 saturated carbocycles. The van der Waals surface area contributed by atoms with Crippen molar-refractivity contribution in [1.82, 2.24) is 4.98 Å². The highest BCUT2D eigenvalue weighted by Crippen LogP contribution is 2.32. The molecule has 0 radical (unpaired) electrons. The van der Waals surface area contributed by atoms with Crippen molar-refractivity contribution in [2.75, 3.05) is 7.11 Å². The second-order valence-electron chi connectivity index (χ2n) is 2.66. The van der Waals surface area contributed by atoms with Gasteiger partial charge in [0.2, 0.25) is 0 Å². The third kappa shape index (κ3) is 1.42. The zero-order valence-corrected chi connectivity index (χ0v) is 9.24. The van der Waals surface area contributed by atoms with Crippen molar-refractivity contribution in [3.05, 3.63) is 27.8 Å². The minimum absolute atomic E-state index is 0.720. The van der Waals surface area contributed by atoms with Crippen molar-refractivity contribution in [3.8, 4) is 5.75 Å². The van der Waals surface area contributed by atoms with Crippen molar-refractivity contribution in [2.45, 2.75) is 0 Å². The number of hydrogen-bond donors (Lipinski definition) is 1. The molecule has 2 nitrogen and oxygen atoms in total. The molecule has 1 aromatic carbocycles. The summed E-state index contributed by atoms with van der Waals surface area (Å²) in [4.78, 5) is 3.13. The van der Waals surface area contributed by atoms with Crippen LogP contribution in [0, 0.1) is 0 Å². The Labute approximate surface area is 89.0 Å². The molecule has 2 rings (SSSR count). The lowest BCUT2D eigenvalue weighted by atomic mass is 10.2. The number of aromatic nitrogens is 1.